The summed E-state index contributed by atoms with van der Waals surface area (Å²) in [5, 5.41) is 2.05. The molecule has 1 aromatic heterocycles. The van der Waals surface area contributed by atoms with Crippen molar-refractivity contribution in [2.45, 2.75) is 26.7 Å². The zero-order valence-electron chi connectivity index (χ0n) is 10.4. The molecular formula is C13H14Cl2N2S. The predicted molar refractivity (Wildman–Crippen MR) is 80.0 cm³/mol. The van der Waals surface area contributed by atoms with Gasteiger partial charge in [-0.1, -0.05) is 30.1 Å². The van der Waals surface area contributed by atoms with E-state index >= 15 is 0 Å². The van der Waals surface area contributed by atoms with Crippen LogP contribution in [0.4, 0.5) is 5.13 Å². The molecule has 18 heavy (non-hydrogen) atoms. The molecular weight excluding hydrogens is 287 g/mol. The van der Waals surface area contributed by atoms with E-state index < -0.39 is 0 Å². The number of nitrogen functional groups attached to an aromatic ring is 1. The summed E-state index contributed by atoms with van der Waals surface area (Å²) in [7, 11) is 0. The van der Waals surface area contributed by atoms with Crippen LogP contribution in [-0.2, 0) is 0 Å². The van der Waals surface area contributed by atoms with Gasteiger partial charge in [0.05, 0.1) is 5.69 Å². The Morgan fingerprint density at radius 2 is 1.89 bits per heavy atom. The van der Waals surface area contributed by atoms with E-state index in [0.717, 1.165) is 31.7 Å². The molecule has 0 aliphatic rings. The number of benzene rings is 1. The molecule has 1 unspecified atom stereocenters. The molecule has 1 atom stereocenters. The minimum atomic E-state index is 0.144. The van der Waals surface area contributed by atoms with Gasteiger partial charge in [-0.25, -0.2) is 4.98 Å². The number of nitrogens with two attached hydrogens (primary N) is 1. The molecule has 0 aliphatic carbocycles. The summed E-state index contributed by atoms with van der Waals surface area (Å²) < 4.78 is 0. The highest BCUT2D eigenvalue weighted by atomic mass is 35.5. The Labute approximate surface area is 121 Å². The molecule has 1 aromatic carbocycles. The van der Waals surface area contributed by atoms with E-state index in [1.807, 2.05) is 26.0 Å². The SMILES string of the molecule is Cc1cc(Cl)c(C(C)c2sc(N)nc2C)cc1Cl. The summed E-state index contributed by atoms with van der Waals surface area (Å²) in [4.78, 5) is 5.38. The quantitative estimate of drug-likeness (QED) is 0.865. The number of rotatable bonds is 2. The van der Waals surface area contributed by atoms with Gasteiger partial charge in [0.25, 0.3) is 0 Å². The fourth-order valence-corrected chi connectivity index (χ4v) is 3.43. The maximum Gasteiger partial charge on any atom is 0.180 e. The average molecular weight is 301 g/mol. The Morgan fingerprint density at radius 3 is 2.44 bits per heavy atom. The summed E-state index contributed by atoms with van der Waals surface area (Å²) in [6.07, 6.45) is 0. The third-order valence-corrected chi connectivity index (χ3v) is 4.89. The Balaban J connectivity index is 2.49. The Morgan fingerprint density at radius 1 is 1.22 bits per heavy atom. The third kappa shape index (κ3) is 2.48. The fraction of sp³-hybridized carbons (Fsp3) is 0.308. The van der Waals surface area contributed by atoms with Crippen LogP contribution in [-0.4, -0.2) is 4.98 Å². The lowest BCUT2D eigenvalue weighted by Gasteiger charge is -2.14. The first-order valence-corrected chi connectivity index (χ1v) is 7.15. The van der Waals surface area contributed by atoms with Gasteiger partial charge in [0.2, 0.25) is 0 Å². The first-order valence-electron chi connectivity index (χ1n) is 5.58. The van der Waals surface area contributed by atoms with Gasteiger partial charge in [-0.2, -0.15) is 0 Å². The van der Waals surface area contributed by atoms with Crippen molar-refractivity contribution in [3.05, 3.63) is 43.9 Å². The van der Waals surface area contributed by atoms with E-state index in [1.54, 1.807) is 0 Å². The first kappa shape index (κ1) is 13.7. The molecule has 0 spiro atoms. The predicted octanol–water partition coefficient (Wildman–Crippen LogP) is 4.80. The Kier molecular flexibility index (Phi) is 3.85. The zero-order valence-corrected chi connectivity index (χ0v) is 12.7. The molecule has 2 rings (SSSR count). The minimum absolute atomic E-state index is 0.144. The lowest BCUT2D eigenvalue weighted by Crippen LogP contribution is -1.97. The Hall–Kier alpha value is -0.770. The van der Waals surface area contributed by atoms with Crippen molar-refractivity contribution >= 4 is 39.7 Å². The molecule has 0 fully saturated rings. The van der Waals surface area contributed by atoms with Crippen molar-refractivity contribution in [3.8, 4) is 0 Å². The minimum Gasteiger partial charge on any atom is -0.375 e. The summed E-state index contributed by atoms with van der Waals surface area (Å²) in [5.74, 6) is 0.144. The number of anilines is 1. The van der Waals surface area contributed by atoms with Crippen molar-refractivity contribution in [1.82, 2.24) is 4.98 Å². The van der Waals surface area contributed by atoms with Crippen molar-refractivity contribution in [2.24, 2.45) is 0 Å². The van der Waals surface area contributed by atoms with Gasteiger partial charge >= 0.3 is 0 Å². The smallest absolute Gasteiger partial charge is 0.180 e. The normalized spacial score (nSPS) is 12.7. The molecule has 0 aliphatic heterocycles. The van der Waals surface area contributed by atoms with Crippen LogP contribution < -0.4 is 5.73 Å². The monoisotopic (exact) mass is 300 g/mol. The average Bonchev–Trinajstić information content (AvgIpc) is 2.62. The van der Waals surface area contributed by atoms with E-state index in [4.69, 9.17) is 28.9 Å². The van der Waals surface area contributed by atoms with Crippen LogP contribution in [0.5, 0.6) is 0 Å². The van der Waals surface area contributed by atoms with Gasteiger partial charge in [-0.05, 0) is 37.1 Å². The molecule has 0 radical (unpaired) electrons. The van der Waals surface area contributed by atoms with Gasteiger partial charge in [0, 0.05) is 20.8 Å². The molecule has 96 valence electrons. The van der Waals surface area contributed by atoms with Crippen molar-refractivity contribution in [3.63, 3.8) is 0 Å². The number of halogens is 2. The molecule has 5 heteroatoms. The molecule has 2 N–H and O–H groups in total. The van der Waals surface area contributed by atoms with E-state index in [0.29, 0.717) is 5.13 Å². The second-order valence-electron chi connectivity index (χ2n) is 4.35. The molecule has 1 heterocycles. The number of hydrogen-bond acceptors (Lipinski definition) is 3. The summed E-state index contributed by atoms with van der Waals surface area (Å²) in [6.45, 7) is 5.99. The van der Waals surface area contributed by atoms with Gasteiger partial charge in [0.1, 0.15) is 0 Å². The van der Waals surface area contributed by atoms with Gasteiger partial charge in [-0.3, -0.25) is 0 Å². The number of hydrogen-bond donors (Lipinski definition) is 1. The van der Waals surface area contributed by atoms with Gasteiger partial charge in [0.15, 0.2) is 5.13 Å². The summed E-state index contributed by atoms with van der Waals surface area (Å²) in [6, 6.07) is 3.83. The van der Waals surface area contributed by atoms with Crippen molar-refractivity contribution < 1.29 is 0 Å². The highest BCUT2D eigenvalue weighted by Gasteiger charge is 2.18. The molecule has 0 saturated carbocycles. The second kappa shape index (κ2) is 5.08. The lowest BCUT2D eigenvalue weighted by molar-refractivity contribution is 0.926. The van der Waals surface area contributed by atoms with Crippen molar-refractivity contribution in [1.29, 1.82) is 0 Å². The molecule has 2 aromatic rings. The number of nitrogens with zero attached hydrogens (tertiary/aromatic N) is 1. The second-order valence-corrected chi connectivity index (χ2v) is 6.22. The maximum atomic E-state index is 6.30. The van der Waals surface area contributed by atoms with Crippen LogP contribution in [0.2, 0.25) is 10.0 Å². The molecule has 0 saturated heterocycles. The first-order chi connectivity index (χ1) is 8.40. The summed E-state index contributed by atoms with van der Waals surface area (Å²) in [5.41, 5.74) is 8.69. The number of aryl methyl sites for hydroxylation is 2. The standard InChI is InChI=1S/C13H14Cl2N2S/c1-6-4-11(15)9(5-10(6)14)7(2)12-8(3)17-13(16)18-12/h4-5,7H,1-3H3,(H2,16,17). The van der Waals surface area contributed by atoms with Crippen LogP contribution in [0.1, 0.15) is 34.5 Å². The molecule has 0 amide bonds. The summed E-state index contributed by atoms with van der Waals surface area (Å²) >= 11 is 14.0. The Bertz CT molecular complexity index is 593. The van der Waals surface area contributed by atoms with Gasteiger partial charge in [-0.15, -0.1) is 11.3 Å². The van der Waals surface area contributed by atoms with Crippen LogP contribution in [0.3, 0.4) is 0 Å². The van der Waals surface area contributed by atoms with Crippen LogP contribution in [0, 0.1) is 13.8 Å². The van der Waals surface area contributed by atoms with Crippen LogP contribution in [0.25, 0.3) is 0 Å². The number of thiazole rings is 1. The fourth-order valence-electron chi connectivity index (χ4n) is 1.97. The van der Waals surface area contributed by atoms with E-state index in [1.165, 1.54) is 11.3 Å². The van der Waals surface area contributed by atoms with Gasteiger partial charge < -0.3 is 5.73 Å². The topological polar surface area (TPSA) is 38.9 Å². The number of aromatic nitrogens is 1. The van der Waals surface area contributed by atoms with E-state index in [9.17, 15) is 0 Å². The highest BCUT2D eigenvalue weighted by molar-refractivity contribution is 7.15. The lowest BCUT2D eigenvalue weighted by atomic mass is 9.97. The zero-order chi connectivity index (χ0) is 13.4. The maximum absolute atomic E-state index is 6.30. The molecule has 2 nitrogen and oxygen atoms in total. The third-order valence-electron chi connectivity index (χ3n) is 2.99. The molecule has 0 bridgehead atoms. The van der Waals surface area contributed by atoms with Crippen LogP contribution >= 0.6 is 34.5 Å². The highest BCUT2D eigenvalue weighted by Crippen LogP contribution is 2.37. The van der Waals surface area contributed by atoms with E-state index in [-0.39, 0.29) is 5.92 Å². The van der Waals surface area contributed by atoms with Crippen molar-refractivity contribution in [2.75, 3.05) is 5.73 Å². The van der Waals surface area contributed by atoms with Crippen LogP contribution in [0.15, 0.2) is 12.1 Å². The van der Waals surface area contributed by atoms with E-state index in [2.05, 4.69) is 11.9 Å². The largest absolute Gasteiger partial charge is 0.375 e.